The van der Waals surface area contributed by atoms with Gasteiger partial charge >= 0.3 is 0 Å². The molecule has 2 unspecified atom stereocenters. The van der Waals surface area contributed by atoms with Crippen molar-refractivity contribution in [1.82, 2.24) is 9.80 Å². The number of amides is 1. The zero-order chi connectivity index (χ0) is 14.7. The van der Waals surface area contributed by atoms with Gasteiger partial charge in [0.05, 0.1) is 18.8 Å². The van der Waals surface area contributed by atoms with Crippen molar-refractivity contribution in [3.05, 3.63) is 35.9 Å². The van der Waals surface area contributed by atoms with Gasteiger partial charge in [-0.3, -0.25) is 14.6 Å². The molecule has 21 heavy (non-hydrogen) atoms. The molecular weight excluding hydrogens is 266 g/mol. The summed E-state index contributed by atoms with van der Waals surface area (Å²) in [5, 5.41) is 0. The molecule has 0 radical (unpaired) electrons. The van der Waals surface area contributed by atoms with Crippen LogP contribution in [-0.4, -0.2) is 67.2 Å². The second-order valence-corrected chi connectivity index (χ2v) is 6.04. The SMILES string of the molecule is NC(=O)CN1CC2CN(CCc3ccccc3)CC(C1)O2. The lowest BCUT2D eigenvalue weighted by atomic mass is 10.1. The molecule has 5 heteroatoms. The second-order valence-electron chi connectivity index (χ2n) is 6.04. The Morgan fingerprint density at radius 1 is 1.10 bits per heavy atom. The molecule has 0 aliphatic carbocycles. The third kappa shape index (κ3) is 4.03. The highest BCUT2D eigenvalue weighted by atomic mass is 16.5. The van der Waals surface area contributed by atoms with Crippen molar-refractivity contribution in [2.75, 3.05) is 39.3 Å². The van der Waals surface area contributed by atoms with Gasteiger partial charge in [0.25, 0.3) is 0 Å². The average Bonchev–Trinajstić information content (AvgIpc) is 2.44. The maximum atomic E-state index is 11.0. The highest BCUT2D eigenvalue weighted by Gasteiger charge is 2.34. The number of carbonyl (C=O) groups excluding carboxylic acids is 1. The number of hydrogen-bond donors (Lipinski definition) is 1. The van der Waals surface area contributed by atoms with Crippen molar-refractivity contribution in [3.8, 4) is 0 Å². The van der Waals surface area contributed by atoms with E-state index < -0.39 is 0 Å². The number of carbonyl (C=O) groups is 1. The minimum absolute atomic E-state index is 0.202. The first kappa shape index (κ1) is 14.5. The van der Waals surface area contributed by atoms with Crippen LogP contribution in [0.2, 0.25) is 0 Å². The molecule has 0 saturated carbocycles. The lowest BCUT2D eigenvalue weighted by molar-refractivity contribution is -0.143. The monoisotopic (exact) mass is 289 g/mol. The number of nitrogens with zero attached hydrogens (tertiary/aromatic N) is 2. The summed E-state index contributed by atoms with van der Waals surface area (Å²) in [6.07, 6.45) is 1.48. The van der Waals surface area contributed by atoms with Gasteiger partial charge in [-0.15, -0.1) is 0 Å². The summed E-state index contributed by atoms with van der Waals surface area (Å²) in [7, 11) is 0. The van der Waals surface area contributed by atoms with Crippen LogP contribution in [0, 0.1) is 0 Å². The Labute approximate surface area is 125 Å². The molecule has 2 aliphatic rings. The van der Waals surface area contributed by atoms with Crippen molar-refractivity contribution in [3.63, 3.8) is 0 Å². The van der Waals surface area contributed by atoms with E-state index in [1.807, 2.05) is 0 Å². The Kier molecular flexibility index (Phi) is 4.53. The van der Waals surface area contributed by atoms with Crippen LogP contribution in [0.1, 0.15) is 5.56 Å². The van der Waals surface area contributed by atoms with Crippen molar-refractivity contribution >= 4 is 5.91 Å². The minimum atomic E-state index is -0.254. The number of primary amides is 1. The van der Waals surface area contributed by atoms with Gasteiger partial charge in [-0.2, -0.15) is 0 Å². The lowest BCUT2D eigenvalue weighted by Gasteiger charge is -2.45. The summed E-state index contributed by atoms with van der Waals surface area (Å²) in [4.78, 5) is 15.6. The van der Waals surface area contributed by atoms with Crippen LogP contribution in [0.25, 0.3) is 0 Å². The van der Waals surface area contributed by atoms with E-state index in [4.69, 9.17) is 10.5 Å². The number of benzene rings is 1. The van der Waals surface area contributed by atoms with Crippen molar-refractivity contribution < 1.29 is 9.53 Å². The molecule has 2 heterocycles. The molecule has 2 N–H and O–H groups in total. The van der Waals surface area contributed by atoms with E-state index in [9.17, 15) is 4.79 Å². The van der Waals surface area contributed by atoms with Crippen LogP contribution >= 0.6 is 0 Å². The van der Waals surface area contributed by atoms with Gasteiger partial charge in [-0.1, -0.05) is 30.3 Å². The Bertz CT molecular complexity index is 466. The quantitative estimate of drug-likeness (QED) is 0.835. The molecular formula is C16H23N3O2. The van der Waals surface area contributed by atoms with E-state index in [1.165, 1.54) is 5.56 Å². The fourth-order valence-electron chi connectivity index (χ4n) is 3.32. The minimum Gasteiger partial charge on any atom is -0.370 e. The maximum absolute atomic E-state index is 11.0. The number of hydrogen-bond acceptors (Lipinski definition) is 4. The van der Waals surface area contributed by atoms with E-state index in [0.717, 1.165) is 39.1 Å². The summed E-state index contributed by atoms with van der Waals surface area (Å²) in [5.74, 6) is -0.254. The van der Waals surface area contributed by atoms with Gasteiger partial charge in [0, 0.05) is 32.7 Å². The summed E-state index contributed by atoms with van der Waals surface area (Å²) in [5.41, 5.74) is 6.66. The van der Waals surface area contributed by atoms with Crippen molar-refractivity contribution in [1.29, 1.82) is 0 Å². The molecule has 2 saturated heterocycles. The summed E-state index contributed by atoms with van der Waals surface area (Å²) >= 11 is 0. The molecule has 1 aromatic carbocycles. The van der Waals surface area contributed by atoms with Crippen molar-refractivity contribution in [2.45, 2.75) is 18.6 Å². The third-order valence-electron chi connectivity index (χ3n) is 4.17. The normalized spacial score (nSPS) is 26.7. The average molecular weight is 289 g/mol. The molecule has 2 aliphatic heterocycles. The predicted molar refractivity (Wildman–Crippen MR) is 80.9 cm³/mol. The highest BCUT2D eigenvalue weighted by Crippen LogP contribution is 2.19. The van der Waals surface area contributed by atoms with Crippen molar-refractivity contribution in [2.24, 2.45) is 5.73 Å². The fourth-order valence-corrected chi connectivity index (χ4v) is 3.32. The number of ether oxygens (including phenoxy) is 1. The number of rotatable bonds is 5. The van der Waals surface area contributed by atoms with Crippen LogP contribution in [0.5, 0.6) is 0 Å². The topological polar surface area (TPSA) is 58.8 Å². The van der Waals surface area contributed by atoms with Gasteiger partial charge in [0.1, 0.15) is 0 Å². The van der Waals surface area contributed by atoms with Crippen LogP contribution < -0.4 is 5.73 Å². The summed E-state index contributed by atoms with van der Waals surface area (Å²) < 4.78 is 5.98. The van der Waals surface area contributed by atoms with Gasteiger partial charge in [0.15, 0.2) is 0 Å². The van der Waals surface area contributed by atoms with Gasteiger partial charge in [0.2, 0.25) is 5.91 Å². The van der Waals surface area contributed by atoms with Crippen LogP contribution in [-0.2, 0) is 16.0 Å². The zero-order valence-corrected chi connectivity index (χ0v) is 12.3. The fraction of sp³-hybridized carbons (Fsp3) is 0.562. The molecule has 2 atom stereocenters. The summed E-state index contributed by atoms with van der Waals surface area (Å²) in [6.45, 7) is 4.91. The lowest BCUT2D eigenvalue weighted by Crippen LogP contribution is -2.60. The Hall–Kier alpha value is -1.43. The molecule has 2 bridgehead atoms. The molecule has 1 aromatic rings. The maximum Gasteiger partial charge on any atom is 0.231 e. The van der Waals surface area contributed by atoms with Gasteiger partial charge < -0.3 is 10.5 Å². The van der Waals surface area contributed by atoms with E-state index in [0.29, 0.717) is 6.54 Å². The Morgan fingerprint density at radius 3 is 2.33 bits per heavy atom. The third-order valence-corrected chi connectivity index (χ3v) is 4.17. The molecule has 2 fully saturated rings. The molecule has 114 valence electrons. The van der Waals surface area contributed by atoms with Crippen LogP contribution in [0.4, 0.5) is 0 Å². The largest absolute Gasteiger partial charge is 0.370 e. The van der Waals surface area contributed by atoms with Crippen LogP contribution in [0.3, 0.4) is 0 Å². The first-order valence-corrected chi connectivity index (χ1v) is 7.61. The first-order valence-electron chi connectivity index (χ1n) is 7.61. The van der Waals surface area contributed by atoms with E-state index >= 15 is 0 Å². The molecule has 0 aromatic heterocycles. The van der Waals surface area contributed by atoms with E-state index in [1.54, 1.807) is 0 Å². The first-order chi connectivity index (χ1) is 10.2. The van der Waals surface area contributed by atoms with E-state index in [2.05, 4.69) is 40.1 Å². The number of fused-ring (bicyclic) bond motifs is 2. The highest BCUT2D eigenvalue weighted by molar-refractivity contribution is 5.75. The molecule has 3 rings (SSSR count). The van der Waals surface area contributed by atoms with Gasteiger partial charge in [-0.25, -0.2) is 0 Å². The predicted octanol–water partition coefficient (Wildman–Crippen LogP) is 0.0994. The number of nitrogens with two attached hydrogens (primary N) is 1. The molecule has 1 amide bonds. The Morgan fingerprint density at radius 2 is 1.71 bits per heavy atom. The standard InChI is InChI=1S/C16H23N3O2/c17-16(20)12-19-10-14-8-18(9-15(11-19)21-14)7-6-13-4-2-1-3-5-13/h1-5,14-15H,6-12H2,(H2,17,20). The van der Waals surface area contributed by atoms with E-state index in [-0.39, 0.29) is 18.1 Å². The zero-order valence-electron chi connectivity index (χ0n) is 12.3. The number of morpholine rings is 2. The van der Waals surface area contributed by atoms with Gasteiger partial charge in [-0.05, 0) is 12.0 Å². The molecule has 5 nitrogen and oxygen atoms in total. The Balaban J connectivity index is 1.50. The second kappa shape index (κ2) is 6.56. The molecule has 0 spiro atoms. The smallest absolute Gasteiger partial charge is 0.231 e. The van der Waals surface area contributed by atoms with Crippen LogP contribution in [0.15, 0.2) is 30.3 Å². The summed E-state index contributed by atoms with van der Waals surface area (Å²) in [6, 6.07) is 10.6.